The Labute approximate surface area is 121 Å². The van der Waals surface area contributed by atoms with E-state index in [-0.39, 0.29) is 5.63 Å². The molecule has 3 rings (SSSR count). The maximum absolute atomic E-state index is 11.4. The third kappa shape index (κ3) is 2.89. The molecule has 2 N–H and O–H groups in total. The van der Waals surface area contributed by atoms with Crippen molar-refractivity contribution in [3.8, 4) is 5.75 Å². The molecular formula is C17H15NO3. The molecule has 3 aromatic rings. The van der Waals surface area contributed by atoms with E-state index in [9.17, 15) is 4.79 Å². The number of ether oxygens (including phenoxy) is 1. The van der Waals surface area contributed by atoms with Crippen LogP contribution in [0, 0.1) is 6.92 Å². The quantitative estimate of drug-likeness (QED) is 0.591. The summed E-state index contributed by atoms with van der Waals surface area (Å²) in [7, 11) is 0. The first kappa shape index (κ1) is 13.2. The Morgan fingerprint density at radius 1 is 1.10 bits per heavy atom. The van der Waals surface area contributed by atoms with Gasteiger partial charge in [0.15, 0.2) is 0 Å². The Balaban J connectivity index is 1.84. The SMILES string of the molecule is Cc1cc(=O)oc2cc(OCc3ccc(N)cc3)ccc12. The van der Waals surface area contributed by atoms with Gasteiger partial charge >= 0.3 is 5.63 Å². The molecule has 0 unspecified atom stereocenters. The normalized spacial score (nSPS) is 10.7. The van der Waals surface area contributed by atoms with Gasteiger partial charge in [-0.3, -0.25) is 0 Å². The highest BCUT2D eigenvalue weighted by atomic mass is 16.5. The number of fused-ring (bicyclic) bond motifs is 1. The molecule has 0 fully saturated rings. The van der Waals surface area contributed by atoms with Crippen LogP contribution < -0.4 is 16.1 Å². The van der Waals surface area contributed by atoms with Crippen molar-refractivity contribution in [1.82, 2.24) is 0 Å². The van der Waals surface area contributed by atoms with Crippen molar-refractivity contribution < 1.29 is 9.15 Å². The standard InChI is InChI=1S/C17H15NO3/c1-11-8-17(19)21-16-9-14(6-7-15(11)16)20-10-12-2-4-13(18)5-3-12/h2-9H,10,18H2,1H3. The lowest BCUT2D eigenvalue weighted by Gasteiger charge is -2.08. The molecule has 0 aliphatic carbocycles. The van der Waals surface area contributed by atoms with Gasteiger partial charge in [-0.15, -0.1) is 0 Å². The molecule has 0 saturated heterocycles. The van der Waals surface area contributed by atoms with E-state index >= 15 is 0 Å². The minimum atomic E-state index is -0.351. The van der Waals surface area contributed by atoms with Crippen molar-refractivity contribution in [2.75, 3.05) is 5.73 Å². The van der Waals surface area contributed by atoms with Crippen LogP contribution in [0.5, 0.6) is 5.75 Å². The van der Waals surface area contributed by atoms with Gasteiger partial charge in [-0.1, -0.05) is 12.1 Å². The number of hydrogen-bond donors (Lipinski definition) is 1. The Hall–Kier alpha value is -2.75. The van der Waals surface area contributed by atoms with Crippen LogP contribution in [0.15, 0.2) is 57.7 Å². The highest BCUT2D eigenvalue weighted by molar-refractivity contribution is 5.81. The zero-order valence-electron chi connectivity index (χ0n) is 11.6. The fourth-order valence-electron chi connectivity index (χ4n) is 2.18. The van der Waals surface area contributed by atoms with Crippen molar-refractivity contribution in [3.63, 3.8) is 0 Å². The summed E-state index contributed by atoms with van der Waals surface area (Å²) in [6.45, 7) is 2.32. The van der Waals surface area contributed by atoms with Crippen LogP contribution in [0.1, 0.15) is 11.1 Å². The number of benzene rings is 2. The molecule has 0 saturated carbocycles. The number of hydrogen-bond acceptors (Lipinski definition) is 4. The minimum absolute atomic E-state index is 0.351. The zero-order chi connectivity index (χ0) is 14.8. The minimum Gasteiger partial charge on any atom is -0.489 e. The molecule has 4 nitrogen and oxygen atoms in total. The van der Waals surface area contributed by atoms with Crippen LogP contribution >= 0.6 is 0 Å². The van der Waals surface area contributed by atoms with Gasteiger partial charge in [0, 0.05) is 23.2 Å². The summed E-state index contributed by atoms with van der Waals surface area (Å²) >= 11 is 0. The van der Waals surface area contributed by atoms with Crippen molar-refractivity contribution in [1.29, 1.82) is 0 Å². The van der Waals surface area contributed by atoms with Gasteiger partial charge in [-0.05, 0) is 42.3 Å². The Morgan fingerprint density at radius 3 is 2.62 bits per heavy atom. The molecule has 2 aromatic carbocycles. The molecule has 0 aliphatic heterocycles. The summed E-state index contributed by atoms with van der Waals surface area (Å²) in [5.41, 5.74) is 8.47. The number of anilines is 1. The molecule has 0 amide bonds. The predicted molar refractivity (Wildman–Crippen MR) is 82.4 cm³/mol. The number of rotatable bonds is 3. The van der Waals surface area contributed by atoms with Gasteiger partial charge in [-0.2, -0.15) is 0 Å². The molecule has 1 heterocycles. The van der Waals surface area contributed by atoms with Gasteiger partial charge in [0.25, 0.3) is 0 Å². The Morgan fingerprint density at radius 2 is 1.86 bits per heavy atom. The van der Waals surface area contributed by atoms with E-state index < -0.39 is 0 Å². The smallest absolute Gasteiger partial charge is 0.336 e. The number of nitrogens with two attached hydrogens (primary N) is 1. The zero-order valence-corrected chi connectivity index (χ0v) is 11.6. The third-order valence-electron chi connectivity index (χ3n) is 3.31. The Bertz CT molecular complexity index is 835. The van der Waals surface area contributed by atoms with Crippen LogP contribution in [0.3, 0.4) is 0 Å². The molecule has 0 radical (unpaired) electrons. The van der Waals surface area contributed by atoms with Gasteiger partial charge in [-0.25, -0.2) is 4.79 Å². The van der Waals surface area contributed by atoms with E-state index in [2.05, 4.69) is 0 Å². The highest BCUT2D eigenvalue weighted by Gasteiger charge is 2.04. The van der Waals surface area contributed by atoms with Crippen molar-refractivity contribution >= 4 is 16.7 Å². The molecule has 106 valence electrons. The van der Waals surface area contributed by atoms with Gasteiger partial charge in [0.2, 0.25) is 0 Å². The monoisotopic (exact) mass is 281 g/mol. The fourth-order valence-corrected chi connectivity index (χ4v) is 2.18. The van der Waals surface area contributed by atoms with Crippen LogP contribution in [0.2, 0.25) is 0 Å². The van der Waals surface area contributed by atoms with E-state index in [0.29, 0.717) is 17.9 Å². The summed E-state index contributed by atoms with van der Waals surface area (Å²) < 4.78 is 10.9. The number of aryl methyl sites for hydroxylation is 1. The summed E-state index contributed by atoms with van der Waals surface area (Å²) in [4.78, 5) is 11.4. The first-order valence-corrected chi connectivity index (χ1v) is 6.63. The van der Waals surface area contributed by atoms with Crippen molar-refractivity contribution in [2.45, 2.75) is 13.5 Å². The van der Waals surface area contributed by atoms with Crippen molar-refractivity contribution in [2.24, 2.45) is 0 Å². The summed E-state index contributed by atoms with van der Waals surface area (Å²) in [5, 5.41) is 0.912. The molecule has 0 atom stereocenters. The van der Waals surface area contributed by atoms with Crippen molar-refractivity contribution in [3.05, 3.63) is 70.1 Å². The van der Waals surface area contributed by atoms with Gasteiger partial charge in [0.1, 0.15) is 17.9 Å². The molecule has 0 spiro atoms. The van der Waals surface area contributed by atoms with Crippen LogP contribution in [-0.4, -0.2) is 0 Å². The molecule has 21 heavy (non-hydrogen) atoms. The first-order valence-electron chi connectivity index (χ1n) is 6.63. The first-order chi connectivity index (χ1) is 10.1. The highest BCUT2D eigenvalue weighted by Crippen LogP contribution is 2.23. The summed E-state index contributed by atoms with van der Waals surface area (Å²) in [6.07, 6.45) is 0. The topological polar surface area (TPSA) is 65.5 Å². The molecule has 0 aliphatic rings. The second kappa shape index (κ2) is 5.32. The predicted octanol–water partition coefficient (Wildman–Crippen LogP) is 3.26. The molecule has 0 bridgehead atoms. The van der Waals surface area contributed by atoms with Crippen LogP contribution in [0.25, 0.3) is 11.0 Å². The lowest BCUT2D eigenvalue weighted by molar-refractivity contribution is 0.306. The van der Waals surface area contributed by atoms with E-state index in [1.165, 1.54) is 6.07 Å². The second-order valence-electron chi connectivity index (χ2n) is 4.94. The average molecular weight is 281 g/mol. The summed E-state index contributed by atoms with van der Waals surface area (Å²) in [5.74, 6) is 0.660. The second-order valence-corrected chi connectivity index (χ2v) is 4.94. The lowest BCUT2D eigenvalue weighted by atomic mass is 10.1. The fraction of sp³-hybridized carbons (Fsp3) is 0.118. The third-order valence-corrected chi connectivity index (χ3v) is 3.31. The average Bonchev–Trinajstić information content (AvgIpc) is 2.46. The number of nitrogen functional groups attached to an aromatic ring is 1. The largest absolute Gasteiger partial charge is 0.489 e. The van der Waals surface area contributed by atoms with E-state index in [4.69, 9.17) is 14.9 Å². The maximum Gasteiger partial charge on any atom is 0.336 e. The van der Waals surface area contributed by atoms with Gasteiger partial charge < -0.3 is 14.9 Å². The molecular weight excluding hydrogens is 266 g/mol. The van der Waals surface area contributed by atoms with Gasteiger partial charge in [0.05, 0.1) is 0 Å². The Kier molecular flexibility index (Phi) is 3.36. The molecule has 4 heteroatoms. The maximum atomic E-state index is 11.4. The van der Waals surface area contributed by atoms with E-state index in [1.54, 1.807) is 6.07 Å². The summed E-state index contributed by atoms with van der Waals surface area (Å²) in [6, 6.07) is 14.5. The van der Waals surface area contributed by atoms with Crippen LogP contribution in [-0.2, 0) is 6.61 Å². The molecule has 1 aromatic heterocycles. The van der Waals surface area contributed by atoms with Crippen LogP contribution in [0.4, 0.5) is 5.69 Å². The van der Waals surface area contributed by atoms with E-state index in [0.717, 1.165) is 22.2 Å². The lowest BCUT2D eigenvalue weighted by Crippen LogP contribution is -1.99. The van der Waals surface area contributed by atoms with E-state index in [1.807, 2.05) is 43.3 Å².